The van der Waals surface area contributed by atoms with Crippen LogP contribution in [-0.2, 0) is 20.6 Å². The van der Waals surface area contributed by atoms with Crippen molar-refractivity contribution in [3.8, 4) is 0 Å². The van der Waals surface area contributed by atoms with Gasteiger partial charge in [0.2, 0.25) is 0 Å². The zero-order valence-corrected chi connectivity index (χ0v) is 20.3. The predicted octanol–water partition coefficient (Wildman–Crippen LogP) is 6.86. The molecule has 6 heteroatoms. The molecule has 1 rings (SSSR count). The van der Waals surface area contributed by atoms with Crippen LogP contribution in [0.1, 0.15) is 95.5 Å². The van der Waals surface area contributed by atoms with Gasteiger partial charge >= 0.3 is 7.60 Å². The molecule has 1 aromatic carbocycles. The lowest BCUT2D eigenvalue weighted by atomic mass is 10.1. The highest BCUT2D eigenvalue weighted by atomic mass is 31.2. The van der Waals surface area contributed by atoms with Gasteiger partial charge in [-0.1, -0.05) is 94.5 Å². The fourth-order valence-electron chi connectivity index (χ4n) is 3.56. The minimum absolute atomic E-state index is 0.0362. The summed E-state index contributed by atoms with van der Waals surface area (Å²) in [6, 6.07) is 10.3. The molecule has 180 valence electrons. The van der Waals surface area contributed by atoms with Gasteiger partial charge in [0.1, 0.15) is 0 Å². The second kappa shape index (κ2) is 19.9. The second-order valence-electron chi connectivity index (χ2n) is 8.49. The number of hydrogen-bond acceptors (Lipinski definition) is 3. The minimum Gasteiger partial charge on any atom is -0.381 e. The van der Waals surface area contributed by atoms with Gasteiger partial charge in [-0.15, -0.1) is 0 Å². The molecule has 0 fully saturated rings. The lowest BCUT2D eigenvalue weighted by Gasteiger charge is -2.06. The van der Waals surface area contributed by atoms with Crippen molar-refractivity contribution in [2.75, 3.05) is 26.0 Å². The third-order valence-electron chi connectivity index (χ3n) is 5.43. The van der Waals surface area contributed by atoms with E-state index in [1.165, 1.54) is 63.4 Å². The van der Waals surface area contributed by atoms with Crippen LogP contribution in [0.5, 0.6) is 0 Å². The van der Waals surface area contributed by atoms with E-state index in [-0.39, 0.29) is 6.16 Å². The van der Waals surface area contributed by atoms with Gasteiger partial charge in [-0.05, 0) is 31.2 Å². The summed E-state index contributed by atoms with van der Waals surface area (Å²) >= 11 is 0. The average Bonchev–Trinajstić information content (AvgIpc) is 2.75. The fourth-order valence-corrected chi connectivity index (χ4v) is 4.20. The smallest absolute Gasteiger partial charge is 0.325 e. The number of ether oxygens (including phenoxy) is 2. The molecule has 0 aliphatic carbocycles. The Balaban J connectivity index is 1.68. The van der Waals surface area contributed by atoms with Crippen molar-refractivity contribution in [3.05, 3.63) is 35.9 Å². The van der Waals surface area contributed by atoms with E-state index >= 15 is 0 Å². The highest BCUT2D eigenvalue weighted by Crippen LogP contribution is 2.35. The van der Waals surface area contributed by atoms with E-state index in [9.17, 15) is 4.57 Å². The fraction of sp³-hybridized carbons (Fsp3) is 0.760. The Bertz CT molecular complexity index is 546. The molecule has 2 N–H and O–H groups in total. The number of hydrogen-bond donors (Lipinski definition) is 2. The van der Waals surface area contributed by atoms with Crippen molar-refractivity contribution in [1.82, 2.24) is 0 Å². The highest BCUT2D eigenvalue weighted by molar-refractivity contribution is 7.51. The van der Waals surface area contributed by atoms with Gasteiger partial charge < -0.3 is 19.3 Å². The molecule has 0 unspecified atom stereocenters. The summed E-state index contributed by atoms with van der Waals surface area (Å²) in [7, 11) is -3.79. The highest BCUT2D eigenvalue weighted by Gasteiger charge is 2.10. The Hall–Kier alpha value is -0.710. The molecule has 0 amide bonds. The molecule has 0 atom stereocenters. The topological polar surface area (TPSA) is 76.0 Å². The molecule has 0 aliphatic rings. The normalized spacial score (nSPS) is 11.8. The van der Waals surface area contributed by atoms with Crippen molar-refractivity contribution in [1.29, 1.82) is 0 Å². The van der Waals surface area contributed by atoms with E-state index in [4.69, 9.17) is 19.3 Å². The van der Waals surface area contributed by atoms with Crippen LogP contribution in [-0.4, -0.2) is 35.8 Å². The van der Waals surface area contributed by atoms with Gasteiger partial charge in [-0.2, -0.15) is 0 Å². The predicted molar refractivity (Wildman–Crippen MR) is 128 cm³/mol. The maximum Gasteiger partial charge on any atom is 0.325 e. The number of rotatable bonds is 22. The molecular formula is C25H45O5P. The summed E-state index contributed by atoms with van der Waals surface area (Å²) in [6.45, 7) is 3.34. The van der Waals surface area contributed by atoms with Gasteiger partial charge in [0.15, 0.2) is 0 Å². The van der Waals surface area contributed by atoms with E-state index < -0.39 is 7.60 Å². The van der Waals surface area contributed by atoms with Crippen LogP contribution in [0, 0.1) is 0 Å². The Morgan fingerprint density at radius 3 is 1.48 bits per heavy atom. The zero-order chi connectivity index (χ0) is 22.5. The minimum atomic E-state index is -3.79. The van der Waals surface area contributed by atoms with Crippen LogP contribution >= 0.6 is 7.60 Å². The van der Waals surface area contributed by atoms with Crippen LogP contribution in [0.4, 0.5) is 0 Å². The van der Waals surface area contributed by atoms with Gasteiger partial charge in [0, 0.05) is 26.0 Å². The molecule has 1 aromatic rings. The monoisotopic (exact) mass is 456 g/mol. The summed E-state index contributed by atoms with van der Waals surface area (Å²) < 4.78 is 22.2. The Kier molecular flexibility index (Phi) is 18.2. The van der Waals surface area contributed by atoms with Crippen molar-refractivity contribution < 1.29 is 23.8 Å². The summed E-state index contributed by atoms with van der Waals surface area (Å²) in [4.78, 5) is 17.6. The molecule has 5 nitrogen and oxygen atoms in total. The molecule has 0 spiro atoms. The van der Waals surface area contributed by atoms with Crippen molar-refractivity contribution >= 4 is 7.60 Å². The van der Waals surface area contributed by atoms with Crippen LogP contribution < -0.4 is 0 Å². The zero-order valence-electron chi connectivity index (χ0n) is 19.4. The van der Waals surface area contributed by atoms with E-state index in [1.807, 2.05) is 6.07 Å². The van der Waals surface area contributed by atoms with Crippen LogP contribution in [0.3, 0.4) is 0 Å². The molecule has 0 bridgehead atoms. The van der Waals surface area contributed by atoms with E-state index in [0.717, 1.165) is 52.1 Å². The third kappa shape index (κ3) is 20.9. The standard InChI is InChI=1S/C25H45O5P/c26-31(27,28)23-17-10-6-2-1-3-7-14-20-29-21-15-8-4-5-9-16-22-30-24-25-18-12-11-13-19-25/h11-13,18-19H,1-10,14-17,20-24H2,(H2,26,27,28). The summed E-state index contributed by atoms with van der Waals surface area (Å²) in [6.07, 6.45) is 16.1. The van der Waals surface area contributed by atoms with Crippen molar-refractivity contribution in [3.63, 3.8) is 0 Å². The number of unbranched alkanes of at least 4 members (excludes halogenated alkanes) is 12. The van der Waals surface area contributed by atoms with Crippen LogP contribution in [0.25, 0.3) is 0 Å². The van der Waals surface area contributed by atoms with Crippen LogP contribution in [0.2, 0.25) is 0 Å². The van der Waals surface area contributed by atoms with Crippen molar-refractivity contribution in [2.24, 2.45) is 0 Å². The molecule has 0 saturated heterocycles. The van der Waals surface area contributed by atoms with Gasteiger partial charge in [-0.3, -0.25) is 4.57 Å². The Morgan fingerprint density at radius 1 is 0.581 bits per heavy atom. The van der Waals surface area contributed by atoms with Gasteiger partial charge in [0.05, 0.1) is 6.61 Å². The van der Waals surface area contributed by atoms with Gasteiger partial charge in [-0.25, -0.2) is 0 Å². The molecule has 0 heterocycles. The molecule has 0 saturated carbocycles. The molecule has 0 radical (unpaired) electrons. The molecule has 0 aromatic heterocycles. The van der Waals surface area contributed by atoms with E-state index in [0.29, 0.717) is 6.42 Å². The quantitative estimate of drug-likeness (QED) is 0.147. The number of benzene rings is 1. The van der Waals surface area contributed by atoms with Crippen LogP contribution in [0.15, 0.2) is 30.3 Å². The summed E-state index contributed by atoms with van der Waals surface area (Å²) in [5.41, 5.74) is 1.25. The average molecular weight is 457 g/mol. The lowest BCUT2D eigenvalue weighted by molar-refractivity contribution is 0.116. The Labute approximate surface area is 190 Å². The first-order valence-electron chi connectivity index (χ1n) is 12.3. The van der Waals surface area contributed by atoms with E-state index in [1.54, 1.807) is 0 Å². The van der Waals surface area contributed by atoms with E-state index in [2.05, 4.69) is 24.3 Å². The maximum atomic E-state index is 10.7. The Morgan fingerprint density at radius 2 is 1.00 bits per heavy atom. The largest absolute Gasteiger partial charge is 0.381 e. The molecule has 0 aliphatic heterocycles. The maximum absolute atomic E-state index is 10.7. The SMILES string of the molecule is O=P(O)(O)CCCCCCCCCCOCCCCCCCCOCc1ccccc1. The second-order valence-corrected chi connectivity index (χ2v) is 10.3. The first-order valence-corrected chi connectivity index (χ1v) is 14.1. The van der Waals surface area contributed by atoms with Gasteiger partial charge in [0.25, 0.3) is 0 Å². The first-order chi connectivity index (χ1) is 15.1. The lowest BCUT2D eigenvalue weighted by Crippen LogP contribution is -1.97. The molecular weight excluding hydrogens is 411 g/mol. The summed E-state index contributed by atoms with van der Waals surface area (Å²) in [5, 5.41) is 0. The first kappa shape index (κ1) is 28.3. The third-order valence-corrected chi connectivity index (χ3v) is 6.33. The summed E-state index contributed by atoms with van der Waals surface area (Å²) in [5.74, 6) is 0. The molecule has 31 heavy (non-hydrogen) atoms. The van der Waals surface area contributed by atoms with Crippen molar-refractivity contribution in [2.45, 2.75) is 96.5 Å².